The second-order valence-electron chi connectivity index (χ2n) is 5.35. The maximum atomic E-state index is 12.3. The standard InChI is InChI=1S/C12H23NO2S/c1-2-11-5-3-4-6-12(11)16(14,15)9-10-7-13-8-10/h10-13H,2-9H2,1H3. The van der Waals surface area contributed by atoms with E-state index in [1.165, 1.54) is 6.42 Å². The molecule has 2 unspecified atom stereocenters. The van der Waals surface area contributed by atoms with E-state index in [0.29, 0.717) is 17.6 Å². The summed E-state index contributed by atoms with van der Waals surface area (Å²) < 4.78 is 24.7. The van der Waals surface area contributed by atoms with Crippen molar-refractivity contribution in [1.29, 1.82) is 0 Å². The van der Waals surface area contributed by atoms with E-state index >= 15 is 0 Å². The SMILES string of the molecule is CCC1CCCCC1S(=O)(=O)CC1CNC1. The molecule has 1 N–H and O–H groups in total. The van der Waals surface area contributed by atoms with Gasteiger partial charge in [0.15, 0.2) is 9.84 Å². The van der Waals surface area contributed by atoms with E-state index in [4.69, 9.17) is 0 Å². The highest BCUT2D eigenvalue weighted by atomic mass is 32.2. The summed E-state index contributed by atoms with van der Waals surface area (Å²) in [6.45, 7) is 3.91. The first-order valence-corrected chi connectivity index (χ1v) is 8.27. The molecule has 1 saturated heterocycles. The van der Waals surface area contributed by atoms with Crippen LogP contribution in [0.25, 0.3) is 0 Å². The molecule has 0 amide bonds. The van der Waals surface area contributed by atoms with Gasteiger partial charge in [-0.1, -0.05) is 26.2 Å². The molecule has 1 heterocycles. The summed E-state index contributed by atoms with van der Waals surface area (Å²) in [4.78, 5) is 0. The molecule has 1 aliphatic heterocycles. The third-order valence-corrected chi connectivity index (χ3v) is 6.64. The van der Waals surface area contributed by atoms with Crippen molar-refractivity contribution in [2.75, 3.05) is 18.8 Å². The normalized spacial score (nSPS) is 32.3. The van der Waals surface area contributed by atoms with E-state index in [9.17, 15) is 8.42 Å². The zero-order chi connectivity index (χ0) is 11.6. The van der Waals surface area contributed by atoms with Gasteiger partial charge in [0, 0.05) is 13.1 Å². The van der Waals surface area contributed by atoms with Crippen LogP contribution in [0.15, 0.2) is 0 Å². The van der Waals surface area contributed by atoms with Gasteiger partial charge >= 0.3 is 0 Å². The Morgan fingerprint density at radius 3 is 2.44 bits per heavy atom. The van der Waals surface area contributed by atoms with Crippen LogP contribution in [-0.2, 0) is 9.84 Å². The van der Waals surface area contributed by atoms with Crippen LogP contribution in [-0.4, -0.2) is 32.5 Å². The summed E-state index contributed by atoms with van der Waals surface area (Å²) in [6, 6.07) is 0. The van der Waals surface area contributed by atoms with Crippen molar-refractivity contribution in [3.63, 3.8) is 0 Å². The van der Waals surface area contributed by atoms with Crippen molar-refractivity contribution in [2.45, 2.75) is 44.3 Å². The minimum atomic E-state index is -2.84. The molecular weight excluding hydrogens is 222 g/mol. The molecule has 4 heteroatoms. The van der Waals surface area contributed by atoms with Crippen LogP contribution in [0.2, 0.25) is 0 Å². The Morgan fingerprint density at radius 1 is 1.19 bits per heavy atom. The van der Waals surface area contributed by atoms with Crippen LogP contribution in [0.5, 0.6) is 0 Å². The largest absolute Gasteiger partial charge is 0.316 e. The fourth-order valence-electron chi connectivity index (χ4n) is 3.03. The van der Waals surface area contributed by atoms with E-state index in [1.807, 2.05) is 0 Å². The van der Waals surface area contributed by atoms with Gasteiger partial charge < -0.3 is 5.32 Å². The quantitative estimate of drug-likeness (QED) is 0.818. The lowest BCUT2D eigenvalue weighted by atomic mass is 9.87. The Hall–Kier alpha value is -0.0900. The van der Waals surface area contributed by atoms with Crippen LogP contribution in [0, 0.1) is 11.8 Å². The third kappa shape index (κ3) is 2.59. The maximum Gasteiger partial charge on any atom is 0.153 e. The van der Waals surface area contributed by atoms with Crippen LogP contribution in [0.3, 0.4) is 0 Å². The Labute approximate surface area is 98.9 Å². The molecule has 3 nitrogen and oxygen atoms in total. The van der Waals surface area contributed by atoms with Gasteiger partial charge in [-0.05, 0) is 24.7 Å². The number of hydrogen-bond acceptors (Lipinski definition) is 3. The Balaban J connectivity index is 2.01. The predicted octanol–water partition coefficient (Wildman–Crippen LogP) is 1.59. The van der Waals surface area contributed by atoms with Crippen LogP contribution >= 0.6 is 0 Å². The Bertz CT molecular complexity index is 322. The average molecular weight is 245 g/mol. The topological polar surface area (TPSA) is 46.2 Å². The first-order valence-electron chi connectivity index (χ1n) is 6.55. The van der Waals surface area contributed by atoms with Gasteiger partial charge in [0.25, 0.3) is 0 Å². The van der Waals surface area contributed by atoms with Crippen molar-refractivity contribution in [3.8, 4) is 0 Å². The zero-order valence-corrected chi connectivity index (χ0v) is 10.9. The molecule has 2 atom stereocenters. The molecule has 2 fully saturated rings. The summed E-state index contributed by atoms with van der Waals surface area (Å²) in [5.41, 5.74) is 0. The number of nitrogens with one attached hydrogen (secondary N) is 1. The van der Waals surface area contributed by atoms with E-state index in [2.05, 4.69) is 12.2 Å². The highest BCUT2D eigenvalue weighted by Crippen LogP contribution is 2.32. The lowest BCUT2D eigenvalue weighted by Gasteiger charge is -2.33. The summed E-state index contributed by atoms with van der Waals surface area (Å²) in [6.07, 6.45) is 5.36. The average Bonchev–Trinajstić information content (AvgIpc) is 2.24. The van der Waals surface area contributed by atoms with Gasteiger partial charge in [-0.15, -0.1) is 0 Å². The molecule has 0 aromatic heterocycles. The van der Waals surface area contributed by atoms with Crippen LogP contribution in [0.4, 0.5) is 0 Å². The first kappa shape index (κ1) is 12.4. The smallest absolute Gasteiger partial charge is 0.153 e. The van der Waals surface area contributed by atoms with E-state index in [1.54, 1.807) is 0 Å². The van der Waals surface area contributed by atoms with Gasteiger partial charge in [0.1, 0.15) is 0 Å². The highest BCUT2D eigenvalue weighted by Gasteiger charge is 2.36. The van der Waals surface area contributed by atoms with E-state index in [-0.39, 0.29) is 5.25 Å². The van der Waals surface area contributed by atoms with Crippen LogP contribution in [0.1, 0.15) is 39.0 Å². The number of sulfone groups is 1. The van der Waals surface area contributed by atoms with Gasteiger partial charge in [-0.25, -0.2) is 8.42 Å². The molecule has 0 bridgehead atoms. The van der Waals surface area contributed by atoms with Crippen LogP contribution < -0.4 is 5.32 Å². The zero-order valence-electron chi connectivity index (χ0n) is 10.1. The van der Waals surface area contributed by atoms with Gasteiger partial charge in [0.05, 0.1) is 11.0 Å². The molecule has 0 aromatic rings. The third-order valence-electron chi connectivity index (χ3n) is 4.16. The summed E-state index contributed by atoms with van der Waals surface area (Å²) in [5, 5.41) is 3.11. The lowest BCUT2D eigenvalue weighted by Crippen LogP contribution is -2.48. The summed E-state index contributed by atoms with van der Waals surface area (Å²) in [7, 11) is -2.84. The first-order chi connectivity index (χ1) is 7.63. The second kappa shape index (κ2) is 5.05. The molecule has 0 radical (unpaired) electrons. The lowest BCUT2D eigenvalue weighted by molar-refractivity contribution is 0.338. The van der Waals surface area contributed by atoms with Gasteiger partial charge in [0.2, 0.25) is 0 Å². The molecule has 2 rings (SSSR count). The molecule has 16 heavy (non-hydrogen) atoms. The van der Waals surface area contributed by atoms with Gasteiger partial charge in [-0.2, -0.15) is 0 Å². The highest BCUT2D eigenvalue weighted by molar-refractivity contribution is 7.92. The summed E-state index contributed by atoms with van der Waals surface area (Å²) in [5.74, 6) is 1.22. The van der Waals surface area contributed by atoms with Crippen molar-refractivity contribution >= 4 is 9.84 Å². The minimum absolute atomic E-state index is 0.0353. The fourth-order valence-corrected chi connectivity index (χ4v) is 5.61. The fraction of sp³-hybridized carbons (Fsp3) is 1.00. The minimum Gasteiger partial charge on any atom is -0.316 e. The van der Waals surface area contributed by atoms with Gasteiger partial charge in [-0.3, -0.25) is 0 Å². The van der Waals surface area contributed by atoms with E-state index in [0.717, 1.165) is 38.8 Å². The molecule has 2 aliphatic rings. The van der Waals surface area contributed by atoms with Crippen molar-refractivity contribution in [1.82, 2.24) is 5.32 Å². The maximum absolute atomic E-state index is 12.3. The van der Waals surface area contributed by atoms with Crippen molar-refractivity contribution in [2.24, 2.45) is 11.8 Å². The van der Waals surface area contributed by atoms with Crippen molar-refractivity contribution < 1.29 is 8.42 Å². The molecule has 0 spiro atoms. The number of hydrogen-bond donors (Lipinski definition) is 1. The molecule has 1 aliphatic carbocycles. The van der Waals surface area contributed by atoms with Crippen molar-refractivity contribution in [3.05, 3.63) is 0 Å². The molecule has 1 saturated carbocycles. The predicted molar refractivity (Wildman–Crippen MR) is 66.2 cm³/mol. The number of rotatable bonds is 4. The molecule has 0 aromatic carbocycles. The summed E-state index contributed by atoms with van der Waals surface area (Å²) >= 11 is 0. The monoisotopic (exact) mass is 245 g/mol. The van der Waals surface area contributed by atoms with E-state index < -0.39 is 9.84 Å². The molecule has 94 valence electrons. The Kier molecular flexibility index (Phi) is 3.90. The Morgan fingerprint density at radius 2 is 1.88 bits per heavy atom. The molecular formula is C12H23NO2S. The second-order valence-corrected chi connectivity index (χ2v) is 7.61.